The number of thiophene rings is 1. The molecule has 0 aliphatic heterocycles. The molecule has 2 N–H and O–H groups in total. The summed E-state index contributed by atoms with van der Waals surface area (Å²) in [7, 11) is 0. The van der Waals surface area contributed by atoms with Crippen molar-refractivity contribution in [3.63, 3.8) is 0 Å². The third-order valence-corrected chi connectivity index (χ3v) is 4.79. The molecule has 21 heavy (non-hydrogen) atoms. The zero-order valence-corrected chi connectivity index (χ0v) is 13.3. The van der Waals surface area contributed by atoms with E-state index in [0.29, 0.717) is 34.3 Å². The van der Waals surface area contributed by atoms with E-state index in [1.807, 2.05) is 0 Å². The van der Waals surface area contributed by atoms with Gasteiger partial charge in [-0.05, 0) is 25.0 Å². The van der Waals surface area contributed by atoms with Crippen molar-refractivity contribution < 1.29 is 14.7 Å². The molecule has 0 spiro atoms. The van der Waals surface area contributed by atoms with Crippen LogP contribution >= 0.6 is 34.5 Å². The Labute approximate surface area is 135 Å². The molecular formula is C14H13Cl2NO3S. The third-order valence-electron chi connectivity index (χ3n) is 2.90. The minimum atomic E-state index is -0.828. The highest BCUT2D eigenvalue weighted by Crippen LogP contribution is 2.36. The lowest BCUT2D eigenvalue weighted by molar-refractivity contribution is -0.137. The first-order valence-electron chi connectivity index (χ1n) is 6.36. The van der Waals surface area contributed by atoms with Crippen LogP contribution in [-0.4, -0.2) is 23.5 Å². The van der Waals surface area contributed by atoms with Gasteiger partial charge < -0.3 is 10.4 Å². The van der Waals surface area contributed by atoms with Gasteiger partial charge in [-0.2, -0.15) is 0 Å². The number of unbranched alkanes of at least 4 members (excludes halogenated alkanes) is 1. The molecule has 1 heterocycles. The van der Waals surface area contributed by atoms with E-state index in [1.54, 1.807) is 18.2 Å². The summed E-state index contributed by atoms with van der Waals surface area (Å²) in [6.45, 7) is 0.428. The van der Waals surface area contributed by atoms with Crippen molar-refractivity contribution >= 4 is 56.5 Å². The van der Waals surface area contributed by atoms with Crippen LogP contribution in [0.25, 0.3) is 10.1 Å². The number of carbonyl (C=O) groups excluding carboxylic acids is 1. The monoisotopic (exact) mass is 345 g/mol. The zero-order valence-electron chi connectivity index (χ0n) is 11.0. The number of carbonyl (C=O) groups is 2. The minimum absolute atomic E-state index is 0.109. The normalized spacial score (nSPS) is 10.8. The second-order valence-corrected chi connectivity index (χ2v) is 6.36. The van der Waals surface area contributed by atoms with E-state index >= 15 is 0 Å². The maximum atomic E-state index is 12.1. The van der Waals surface area contributed by atoms with Gasteiger partial charge in [0.25, 0.3) is 5.91 Å². The number of aliphatic carboxylic acids is 1. The number of amides is 1. The van der Waals surface area contributed by atoms with Crippen LogP contribution in [0.1, 0.15) is 28.9 Å². The van der Waals surface area contributed by atoms with Gasteiger partial charge in [-0.15, -0.1) is 11.3 Å². The van der Waals surface area contributed by atoms with Crippen LogP contribution < -0.4 is 5.32 Å². The van der Waals surface area contributed by atoms with Gasteiger partial charge in [-0.1, -0.05) is 29.3 Å². The molecule has 0 saturated carbocycles. The summed E-state index contributed by atoms with van der Waals surface area (Å²) in [5.41, 5.74) is 0. The SMILES string of the molecule is O=C(O)CCCCNC(=O)c1sc2cc(Cl)ccc2c1Cl. The summed E-state index contributed by atoms with van der Waals surface area (Å²) in [6.07, 6.45) is 1.26. The standard InChI is InChI=1S/C14H13Cl2NO3S/c15-8-4-5-9-10(7-8)21-13(12(9)16)14(20)17-6-2-1-3-11(18)19/h4-5,7H,1-3,6H2,(H,17,20)(H,18,19). The van der Waals surface area contributed by atoms with E-state index in [2.05, 4.69) is 5.32 Å². The molecule has 0 radical (unpaired) electrons. The van der Waals surface area contributed by atoms with Crippen LogP contribution in [0.15, 0.2) is 18.2 Å². The first kappa shape index (κ1) is 16.1. The minimum Gasteiger partial charge on any atom is -0.481 e. The molecule has 0 unspecified atom stereocenters. The van der Waals surface area contributed by atoms with E-state index in [-0.39, 0.29) is 12.3 Å². The first-order chi connectivity index (χ1) is 9.99. The molecule has 0 fully saturated rings. The zero-order chi connectivity index (χ0) is 15.4. The molecule has 2 aromatic rings. The number of rotatable bonds is 6. The number of hydrogen-bond acceptors (Lipinski definition) is 3. The summed E-state index contributed by atoms with van der Waals surface area (Å²) < 4.78 is 0.864. The number of hydrogen-bond donors (Lipinski definition) is 2. The van der Waals surface area contributed by atoms with Crippen molar-refractivity contribution in [3.8, 4) is 0 Å². The fourth-order valence-electron chi connectivity index (χ4n) is 1.87. The first-order valence-corrected chi connectivity index (χ1v) is 7.94. The fourth-order valence-corrected chi connectivity index (χ4v) is 3.58. The molecule has 1 aromatic carbocycles. The molecule has 0 aliphatic carbocycles. The predicted molar refractivity (Wildman–Crippen MR) is 85.7 cm³/mol. The van der Waals surface area contributed by atoms with E-state index in [1.165, 1.54) is 11.3 Å². The lowest BCUT2D eigenvalue weighted by Gasteiger charge is -2.03. The number of nitrogens with one attached hydrogen (secondary N) is 1. The van der Waals surface area contributed by atoms with Crippen LogP contribution in [0, 0.1) is 0 Å². The highest BCUT2D eigenvalue weighted by Gasteiger charge is 2.16. The van der Waals surface area contributed by atoms with Gasteiger partial charge in [0.2, 0.25) is 0 Å². The second-order valence-electron chi connectivity index (χ2n) is 4.49. The van der Waals surface area contributed by atoms with E-state index < -0.39 is 5.97 Å². The van der Waals surface area contributed by atoms with Crippen molar-refractivity contribution in [1.82, 2.24) is 5.32 Å². The van der Waals surface area contributed by atoms with Crippen molar-refractivity contribution in [2.24, 2.45) is 0 Å². The maximum Gasteiger partial charge on any atom is 0.303 e. The third kappa shape index (κ3) is 4.09. The van der Waals surface area contributed by atoms with Crippen molar-refractivity contribution in [2.75, 3.05) is 6.54 Å². The summed E-state index contributed by atoms with van der Waals surface area (Å²) >= 11 is 13.4. The summed E-state index contributed by atoms with van der Waals surface area (Å²) in [5.74, 6) is -1.07. The van der Waals surface area contributed by atoms with Crippen LogP contribution in [0.2, 0.25) is 10.0 Å². The Morgan fingerprint density at radius 1 is 1.24 bits per heavy atom. The molecule has 112 valence electrons. The van der Waals surface area contributed by atoms with Crippen molar-refractivity contribution in [1.29, 1.82) is 0 Å². The number of fused-ring (bicyclic) bond motifs is 1. The fraction of sp³-hybridized carbons (Fsp3) is 0.286. The van der Waals surface area contributed by atoms with E-state index in [9.17, 15) is 9.59 Å². The van der Waals surface area contributed by atoms with Gasteiger partial charge >= 0.3 is 5.97 Å². The highest BCUT2D eigenvalue weighted by molar-refractivity contribution is 7.21. The Morgan fingerprint density at radius 3 is 2.71 bits per heavy atom. The highest BCUT2D eigenvalue weighted by atomic mass is 35.5. The van der Waals surface area contributed by atoms with Crippen LogP contribution in [0.5, 0.6) is 0 Å². The average molecular weight is 346 g/mol. The Morgan fingerprint density at radius 2 is 2.00 bits per heavy atom. The van der Waals surface area contributed by atoms with Gasteiger partial charge in [-0.25, -0.2) is 0 Å². The lowest BCUT2D eigenvalue weighted by atomic mass is 10.2. The molecule has 2 rings (SSSR count). The van der Waals surface area contributed by atoms with Crippen molar-refractivity contribution in [3.05, 3.63) is 33.1 Å². The summed E-state index contributed by atoms with van der Waals surface area (Å²) in [6, 6.07) is 5.30. The Hall–Kier alpha value is -1.30. The summed E-state index contributed by atoms with van der Waals surface area (Å²) in [5, 5.41) is 13.1. The molecular weight excluding hydrogens is 333 g/mol. The van der Waals surface area contributed by atoms with Gasteiger partial charge in [0.15, 0.2) is 0 Å². The lowest BCUT2D eigenvalue weighted by Crippen LogP contribution is -2.23. The smallest absolute Gasteiger partial charge is 0.303 e. The molecule has 0 aliphatic rings. The molecule has 4 nitrogen and oxygen atoms in total. The molecule has 1 aromatic heterocycles. The Kier molecular flexibility index (Phi) is 5.45. The molecule has 0 atom stereocenters. The molecule has 1 amide bonds. The number of carboxylic acid groups (broad SMARTS) is 1. The van der Waals surface area contributed by atoms with Crippen molar-refractivity contribution in [2.45, 2.75) is 19.3 Å². The predicted octanol–water partition coefficient (Wildman–Crippen LogP) is 4.19. The van der Waals surface area contributed by atoms with Gasteiger partial charge in [-0.3, -0.25) is 9.59 Å². The average Bonchev–Trinajstić information content (AvgIpc) is 2.74. The van der Waals surface area contributed by atoms with Crippen LogP contribution in [-0.2, 0) is 4.79 Å². The number of carboxylic acids is 1. The number of benzene rings is 1. The molecule has 7 heteroatoms. The Balaban J connectivity index is 1.99. The van der Waals surface area contributed by atoms with Crippen LogP contribution in [0.4, 0.5) is 0 Å². The quantitative estimate of drug-likeness (QED) is 0.771. The van der Waals surface area contributed by atoms with Gasteiger partial charge in [0, 0.05) is 28.1 Å². The Bertz CT molecular complexity index is 684. The second kappa shape index (κ2) is 7.11. The molecule has 0 saturated heterocycles. The number of halogens is 2. The van der Waals surface area contributed by atoms with Gasteiger partial charge in [0.1, 0.15) is 4.88 Å². The maximum absolute atomic E-state index is 12.1. The molecule has 0 bridgehead atoms. The summed E-state index contributed by atoms with van der Waals surface area (Å²) in [4.78, 5) is 22.9. The van der Waals surface area contributed by atoms with Crippen LogP contribution in [0.3, 0.4) is 0 Å². The van der Waals surface area contributed by atoms with E-state index in [0.717, 1.165) is 10.1 Å². The largest absolute Gasteiger partial charge is 0.481 e. The van der Waals surface area contributed by atoms with Gasteiger partial charge in [0.05, 0.1) is 5.02 Å². The topological polar surface area (TPSA) is 66.4 Å². The van der Waals surface area contributed by atoms with E-state index in [4.69, 9.17) is 28.3 Å².